The number of Topliss-reactive ketones (excluding diaryl/α,β-unsaturated/α-hetero) is 1. The van der Waals surface area contributed by atoms with Gasteiger partial charge in [0.2, 0.25) is 11.7 Å². The molecule has 0 unspecified atom stereocenters. The van der Waals surface area contributed by atoms with Crippen LogP contribution in [0.3, 0.4) is 0 Å². The second-order valence-corrected chi connectivity index (χ2v) is 9.24. The standard InChI is InChI=1S/C27H23N5O3S/c1-18(33)20-11-13-21(14-12-20)28-24(34)17-36-27-30-29-26-31(16-15-19-7-3-2-4-8-19)25(35)22-9-5-6-10-23(22)32(26)27/h2-14H,15-17H2,1H3,(H,28,34). The monoisotopic (exact) mass is 497 g/mol. The van der Waals surface area contributed by atoms with Crippen LogP contribution >= 0.6 is 11.8 Å². The molecule has 36 heavy (non-hydrogen) atoms. The molecule has 0 atom stereocenters. The van der Waals surface area contributed by atoms with Crippen LogP contribution in [0.25, 0.3) is 16.7 Å². The molecule has 0 aliphatic carbocycles. The molecule has 2 heterocycles. The molecule has 1 N–H and O–H groups in total. The summed E-state index contributed by atoms with van der Waals surface area (Å²) in [5.41, 5.74) is 2.89. The number of fused-ring (bicyclic) bond motifs is 3. The van der Waals surface area contributed by atoms with Gasteiger partial charge < -0.3 is 5.32 Å². The Labute approximate surface area is 211 Å². The minimum absolute atomic E-state index is 0.0309. The Hall–Kier alpha value is -4.24. The topological polar surface area (TPSA) is 98.4 Å². The zero-order valence-corrected chi connectivity index (χ0v) is 20.4. The van der Waals surface area contributed by atoms with E-state index in [1.807, 2.05) is 52.9 Å². The Morgan fingerprint density at radius 1 is 0.917 bits per heavy atom. The number of nitrogens with one attached hydrogen (secondary N) is 1. The van der Waals surface area contributed by atoms with Gasteiger partial charge in [-0.25, -0.2) is 0 Å². The maximum Gasteiger partial charge on any atom is 0.262 e. The quantitative estimate of drug-likeness (QED) is 0.255. The van der Waals surface area contributed by atoms with Gasteiger partial charge in [0.15, 0.2) is 10.9 Å². The number of para-hydroxylation sites is 1. The van der Waals surface area contributed by atoms with Gasteiger partial charge in [-0.3, -0.25) is 23.4 Å². The summed E-state index contributed by atoms with van der Waals surface area (Å²) >= 11 is 1.24. The highest BCUT2D eigenvalue weighted by Gasteiger charge is 2.17. The van der Waals surface area contributed by atoms with Crippen molar-refractivity contribution in [1.29, 1.82) is 0 Å². The lowest BCUT2D eigenvalue weighted by Crippen LogP contribution is -2.24. The van der Waals surface area contributed by atoms with E-state index in [9.17, 15) is 14.4 Å². The summed E-state index contributed by atoms with van der Waals surface area (Å²) in [4.78, 5) is 37.3. The maximum absolute atomic E-state index is 13.3. The normalized spacial score (nSPS) is 11.1. The van der Waals surface area contributed by atoms with Crippen LogP contribution in [0.1, 0.15) is 22.8 Å². The number of nitrogens with zero attached hydrogens (tertiary/aromatic N) is 4. The van der Waals surface area contributed by atoms with Gasteiger partial charge >= 0.3 is 0 Å². The molecule has 0 aliphatic rings. The molecule has 0 radical (unpaired) electrons. The van der Waals surface area contributed by atoms with Gasteiger partial charge in [0, 0.05) is 17.8 Å². The molecular formula is C27H23N5O3S. The van der Waals surface area contributed by atoms with Crippen LogP contribution in [0, 0.1) is 0 Å². The molecule has 0 saturated carbocycles. The lowest BCUT2D eigenvalue weighted by molar-refractivity contribution is -0.113. The van der Waals surface area contributed by atoms with Crippen LogP contribution in [0.2, 0.25) is 0 Å². The second kappa shape index (κ2) is 10.2. The summed E-state index contributed by atoms with van der Waals surface area (Å²) in [7, 11) is 0. The van der Waals surface area contributed by atoms with E-state index >= 15 is 0 Å². The van der Waals surface area contributed by atoms with Gasteiger partial charge in [-0.1, -0.05) is 54.2 Å². The highest BCUT2D eigenvalue weighted by molar-refractivity contribution is 7.99. The molecule has 3 aromatic carbocycles. The van der Waals surface area contributed by atoms with E-state index in [1.165, 1.54) is 18.7 Å². The van der Waals surface area contributed by atoms with Crippen molar-refractivity contribution in [2.75, 3.05) is 11.1 Å². The first-order chi connectivity index (χ1) is 17.5. The fourth-order valence-corrected chi connectivity index (χ4v) is 4.77. The molecule has 0 bridgehead atoms. The van der Waals surface area contributed by atoms with Crippen molar-refractivity contribution in [2.45, 2.75) is 25.0 Å². The Morgan fingerprint density at radius 2 is 1.64 bits per heavy atom. The lowest BCUT2D eigenvalue weighted by Gasteiger charge is -2.11. The van der Waals surface area contributed by atoms with Crippen molar-refractivity contribution >= 4 is 45.8 Å². The number of thioether (sulfide) groups is 1. The van der Waals surface area contributed by atoms with Gasteiger partial charge in [-0.2, -0.15) is 0 Å². The number of carbonyl (C=O) groups is 2. The number of aryl methyl sites for hydroxylation is 2. The molecule has 0 fully saturated rings. The van der Waals surface area contributed by atoms with Gasteiger partial charge in [0.1, 0.15) is 0 Å². The second-order valence-electron chi connectivity index (χ2n) is 8.30. The third kappa shape index (κ3) is 4.78. The van der Waals surface area contributed by atoms with Crippen molar-refractivity contribution < 1.29 is 9.59 Å². The minimum atomic E-state index is -0.214. The summed E-state index contributed by atoms with van der Waals surface area (Å²) in [5, 5.41) is 12.6. The first kappa shape index (κ1) is 23.5. The average Bonchev–Trinajstić information content (AvgIpc) is 3.32. The molecule has 0 saturated heterocycles. The third-order valence-corrected chi connectivity index (χ3v) is 6.78. The summed E-state index contributed by atoms with van der Waals surface area (Å²) in [6.45, 7) is 1.95. The van der Waals surface area contributed by atoms with E-state index in [0.29, 0.717) is 46.1 Å². The molecule has 0 spiro atoms. The SMILES string of the molecule is CC(=O)c1ccc(NC(=O)CSc2nnc3n(CCc4ccccc4)c(=O)c4ccccc4n23)cc1. The smallest absolute Gasteiger partial charge is 0.262 e. The van der Waals surface area contributed by atoms with Crippen molar-refractivity contribution in [1.82, 2.24) is 19.2 Å². The van der Waals surface area contributed by atoms with Crippen LogP contribution in [0.4, 0.5) is 5.69 Å². The number of ketones is 1. The number of rotatable bonds is 8. The molecule has 5 rings (SSSR count). The van der Waals surface area contributed by atoms with Gasteiger partial charge in [-0.15, -0.1) is 10.2 Å². The highest BCUT2D eigenvalue weighted by Crippen LogP contribution is 2.22. The van der Waals surface area contributed by atoms with E-state index in [1.54, 1.807) is 34.9 Å². The molecule has 180 valence electrons. The largest absolute Gasteiger partial charge is 0.325 e. The van der Waals surface area contributed by atoms with E-state index in [0.717, 1.165) is 5.56 Å². The van der Waals surface area contributed by atoms with Crippen LogP contribution in [0.5, 0.6) is 0 Å². The molecule has 0 aliphatic heterocycles. The minimum Gasteiger partial charge on any atom is -0.325 e. The highest BCUT2D eigenvalue weighted by atomic mass is 32.2. The number of amides is 1. The van der Waals surface area contributed by atoms with E-state index in [4.69, 9.17) is 0 Å². The fraction of sp³-hybridized carbons (Fsp3) is 0.148. The Bertz CT molecular complexity index is 1630. The fourth-order valence-electron chi connectivity index (χ4n) is 4.03. The van der Waals surface area contributed by atoms with Gasteiger partial charge in [0.05, 0.1) is 16.7 Å². The number of benzene rings is 3. The van der Waals surface area contributed by atoms with Gasteiger partial charge in [-0.05, 0) is 55.3 Å². The number of aromatic nitrogens is 4. The summed E-state index contributed by atoms with van der Waals surface area (Å²) < 4.78 is 3.48. The third-order valence-electron chi connectivity index (χ3n) is 5.85. The molecule has 9 heteroatoms. The molecular weight excluding hydrogens is 474 g/mol. The Morgan fingerprint density at radius 3 is 2.39 bits per heavy atom. The van der Waals surface area contributed by atoms with Crippen LogP contribution in [-0.4, -0.2) is 36.6 Å². The summed E-state index contributed by atoms with van der Waals surface area (Å²) in [6, 6.07) is 24.1. The van der Waals surface area contributed by atoms with Gasteiger partial charge in [0.25, 0.3) is 5.56 Å². The zero-order chi connectivity index (χ0) is 25.1. The van der Waals surface area contributed by atoms with E-state index in [-0.39, 0.29) is 23.0 Å². The Kier molecular flexibility index (Phi) is 6.64. The van der Waals surface area contributed by atoms with Crippen molar-refractivity contribution in [3.63, 3.8) is 0 Å². The first-order valence-corrected chi connectivity index (χ1v) is 12.4. The van der Waals surface area contributed by atoms with Crippen LogP contribution in [0.15, 0.2) is 88.8 Å². The predicted octanol–water partition coefficient (Wildman–Crippen LogP) is 4.22. The number of hydrogen-bond acceptors (Lipinski definition) is 6. The van der Waals surface area contributed by atoms with E-state index in [2.05, 4.69) is 15.5 Å². The summed E-state index contributed by atoms with van der Waals surface area (Å²) in [6.07, 6.45) is 0.676. The maximum atomic E-state index is 13.3. The van der Waals surface area contributed by atoms with Crippen LogP contribution < -0.4 is 10.9 Å². The number of anilines is 1. The predicted molar refractivity (Wildman–Crippen MR) is 141 cm³/mol. The zero-order valence-electron chi connectivity index (χ0n) is 19.5. The number of hydrogen-bond donors (Lipinski definition) is 1. The van der Waals surface area contributed by atoms with Crippen LogP contribution in [-0.2, 0) is 17.8 Å². The Balaban J connectivity index is 1.41. The lowest BCUT2D eigenvalue weighted by atomic mass is 10.1. The molecule has 8 nitrogen and oxygen atoms in total. The van der Waals surface area contributed by atoms with E-state index < -0.39 is 0 Å². The van der Waals surface area contributed by atoms with Crippen molar-refractivity contribution in [2.24, 2.45) is 0 Å². The first-order valence-electron chi connectivity index (χ1n) is 11.5. The van der Waals surface area contributed by atoms with Crippen molar-refractivity contribution in [3.8, 4) is 0 Å². The molecule has 5 aromatic rings. The average molecular weight is 498 g/mol. The number of carbonyl (C=O) groups excluding carboxylic acids is 2. The van der Waals surface area contributed by atoms with Crippen molar-refractivity contribution in [3.05, 3.63) is 100 Å². The summed E-state index contributed by atoms with van der Waals surface area (Å²) in [5.74, 6) is 0.301. The molecule has 2 aromatic heterocycles. The molecule has 1 amide bonds.